The predicted octanol–water partition coefficient (Wildman–Crippen LogP) is 3.69. The molecule has 7 nitrogen and oxygen atoms in total. The highest BCUT2D eigenvalue weighted by atomic mass is 32.2. The van der Waals surface area contributed by atoms with E-state index in [9.17, 15) is 14.9 Å². The minimum absolute atomic E-state index is 0.102. The minimum atomic E-state index is -0.658. The van der Waals surface area contributed by atoms with E-state index in [0.717, 1.165) is 5.52 Å². The molecule has 2 aromatic carbocycles. The summed E-state index contributed by atoms with van der Waals surface area (Å²) in [6.45, 7) is -0.102. The molecule has 1 aromatic heterocycles. The molecular weight excluding hydrogens is 356 g/mol. The number of nitrogens with zero attached hydrogens (tertiary/aromatic N) is 2. The van der Waals surface area contributed by atoms with Crippen LogP contribution in [0.1, 0.15) is 10.4 Å². The number of aromatic nitrogens is 1. The third kappa shape index (κ3) is 4.40. The van der Waals surface area contributed by atoms with Crippen LogP contribution in [0.25, 0.3) is 11.1 Å². The fourth-order valence-electron chi connectivity index (χ4n) is 2.04. The van der Waals surface area contributed by atoms with Crippen LogP contribution < -0.4 is 0 Å². The topological polar surface area (TPSA) is 95.5 Å². The lowest BCUT2D eigenvalue weighted by atomic mass is 10.2. The van der Waals surface area contributed by atoms with E-state index in [1.807, 2.05) is 24.3 Å². The van der Waals surface area contributed by atoms with Gasteiger partial charge >= 0.3 is 5.97 Å². The molecule has 3 aromatic rings. The number of benzene rings is 2. The fourth-order valence-corrected chi connectivity index (χ4v) is 2.65. The van der Waals surface area contributed by atoms with Crippen LogP contribution in [0.3, 0.4) is 0 Å². The third-order valence-corrected chi connectivity index (χ3v) is 3.95. The van der Waals surface area contributed by atoms with Crippen LogP contribution in [-0.4, -0.2) is 28.2 Å². The zero-order valence-electron chi connectivity index (χ0n) is 13.4. The van der Waals surface area contributed by atoms with E-state index < -0.39 is 10.9 Å². The van der Waals surface area contributed by atoms with Crippen LogP contribution >= 0.6 is 11.8 Å². The minimum Gasteiger partial charge on any atom is -0.449 e. The van der Waals surface area contributed by atoms with Gasteiger partial charge in [0.1, 0.15) is 5.52 Å². The summed E-state index contributed by atoms with van der Waals surface area (Å²) in [6, 6.07) is 12.8. The molecule has 0 fully saturated rings. The Labute approximate surface area is 152 Å². The lowest BCUT2D eigenvalue weighted by molar-refractivity contribution is -0.384. The van der Waals surface area contributed by atoms with Gasteiger partial charge in [-0.25, -0.2) is 9.78 Å². The first-order chi connectivity index (χ1) is 12.6. The van der Waals surface area contributed by atoms with Gasteiger partial charge in [-0.05, 0) is 18.2 Å². The summed E-state index contributed by atoms with van der Waals surface area (Å²) >= 11 is 1.34. The van der Waals surface area contributed by atoms with Crippen LogP contribution in [0.15, 0.2) is 58.2 Å². The van der Waals surface area contributed by atoms with Crippen LogP contribution in [0.5, 0.6) is 0 Å². The number of carbonyl (C=O) groups excluding carboxylic acids is 1. The van der Waals surface area contributed by atoms with Gasteiger partial charge in [0, 0.05) is 12.1 Å². The second kappa shape index (κ2) is 8.18. The Balaban J connectivity index is 1.47. The Morgan fingerprint density at radius 1 is 1.23 bits per heavy atom. The first-order valence-corrected chi connectivity index (χ1v) is 8.48. The maximum Gasteiger partial charge on any atom is 0.339 e. The molecule has 0 spiro atoms. The average molecular weight is 368 g/mol. The molecule has 0 saturated heterocycles. The van der Waals surface area contributed by atoms with E-state index in [-0.39, 0.29) is 17.9 Å². The summed E-state index contributed by atoms with van der Waals surface area (Å²) in [4.78, 5) is 26.3. The van der Waals surface area contributed by atoms with Crippen molar-refractivity contribution in [3.8, 4) is 11.8 Å². The fraction of sp³-hybridized carbons (Fsp3) is 0.111. The molecule has 0 aliphatic rings. The van der Waals surface area contributed by atoms with Crippen LogP contribution in [0.2, 0.25) is 0 Å². The van der Waals surface area contributed by atoms with Gasteiger partial charge in [-0.15, -0.1) is 0 Å². The summed E-state index contributed by atoms with van der Waals surface area (Å²) in [5.41, 5.74) is 1.45. The standard InChI is InChI=1S/C18H12N2O5S/c21-17(13-6-5-7-14(12-13)20(22)23)24-10-3-4-11-26-18-19-15-8-1-2-9-16(15)25-18/h1-2,5-9,12H,10-11H2. The van der Waals surface area contributed by atoms with Crippen molar-refractivity contribution in [1.82, 2.24) is 4.98 Å². The molecule has 0 aliphatic heterocycles. The second-order valence-corrected chi connectivity index (χ2v) is 5.90. The highest BCUT2D eigenvalue weighted by Crippen LogP contribution is 2.22. The van der Waals surface area contributed by atoms with Crippen molar-refractivity contribution in [2.75, 3.05) is 12.4 Å². The summed E-state index contributed by atoms with van der Waals surface area (Å²) < 4.78 is 10.5. The molecule has 0 amide bonds. The monoisotopic (exact) mass is 368 g/mol. The zero-order valence-corrected chi connectivity index (χ0v) is 14.2. The van der Waals surface area contributed by atoms with Crippen LogP contribution in [-0.2, 0) is 4.74 Å². The highest BCUT2D eigenvalue weighted by molar-refractivity contribution is 7.99. The molecule has 130 valence electrons. The Kier molecular flexibility index (Phi) is 5.51. The number of carbonyl (C=O) groups is 1. The number of thioether (sulfide) groups is 1. The number of para-hydroxylation sites is 2. The lowest BCUT2D eigenvalue weighted by Gasteiger charge is -2.00. The van der Waals surface area contributed by atoms with E-state index in [2.05, 4.69) is 16.8 Å². The van der Waals surface area contributed by atoms with Crippen molar-refractivity contribution >= 4 is 34.5 Å². The summed E-state index contributed by atoms with van der Waals surface area (Å²) in [6.07, 6.45) is 0. The summed E-state index contributed by atoms with van der Waals surface area (Å²) in [5, 5.41) is 11.2. The molecule has 3 rings (SSSR count). The number of oxazole rings is 1. The number of non-ortho nitro benzene ring substituents is 1. The number of ether oxygens (including phenoxy) is 1. The highest BCUT2D eigenvalue weighted by Gasteiger charge is 2.12. The molecular formula is C18H12N2O5S. The normalized spacial score (nSPS) is 10.2. The van der Waals surface area contributed by atoms with E-state index in [1.54, 1.807) is 0 Å². The molecule has 0 saturated carbocycles. The van der Waals surface area contributed by atoms with Gasteiger partial charge in [0.05, 0.1) is 16.2 Å². The second-order valence-electron chi connectivity index (χ2n) is 4.97. The number of nitro groups is 1. The molecule has 0 unspecified atom stereocenters. The van der Waals surface area contributed by atoms with Gasteiger partial charge in [-0.2, -0.15) is 0 Å². The van der Waals surface area contributed by atoms with Gasteiger partial charge in [-0.1, -0.05) is 41.8 Å². The zero-order chi connectivity index (χ0) is 18.4. The summed E-state index contributed by atoms with van der Waals surface area (Å²) in [7, 11) is 0. The smallest absolute Gasteiger partial charge is 0.339 e. The van der Waals surface area contributed by atoms with E-state index in [0.29, 0.717) is 16.6 Å². The summed E-state index contributed by atoms with van der Waals surface area (Å²) in [5.74, 6) is 5.33. The molecule has 0 atom stereocenters. The molecule has 0 N–H and O–H groups in total. The Hall–Kier alpha value is -3.31. The Bertz CT molecular complexity index is 986. The number of nitro benzene ring substituents is 1. The molecule has 26 heavy (non-hydrogen) atoms. The number of hydrogen-bond donors (Lipinski definition) is 0. The Morgan fingerprint density at radius 3 is 2.88 bits per heavy atom. The van der Waals surface area contributed by atoms with Crippen LogP contribution in [0.4, 0.5) is 5.69 Å². The average Bonchev–Trinajstić information content (AvgIpc) is 3.07. The van der Waals surface area contributed by atoms with E-state index >= 15 is 0 Å². The first-order valence-electron chi connectivity index (χ1n) is 7.49. The largest absolute Gasteiger partial charge is 0.449 e. The van der Waals surface area contributed by atoms with Crippen molar-refractivity contribution in [1.29, 1.82) is 0 Å². The number of rotatable bonds is 5. The van der Waals surface area contributed by atoms with Crippen molar-refractivity contribution in [2.24, 2.45) is 0 Å². The van der Waals surface area contributed by atoms with E-state index in [1.165, 1.54) is 36.0 Å². The van der Waals surface area contributed by atoms with Crippen molar-refractivity contribution in [2.45, 2.75) is 5.22 Å². The molecule has 1 heterocycles. The maximum absolute atomic E-state index is 11.8. The number of hydrogen-bond acceptors (Lipinski definition) is 7. The third-order valence-electron chi connectivity index (χ3n) is 3.24. The van der Waals surface area contributed by atoms with Gasteiger partial charge < -0.3 is 9.15 Å². The van der Waals surface area contributed by atoms with Gasteiger partial charge in [0.2, 0.25) is 0 Å². The number of esters is 1. The van der Waals surface area contributed by atoms with Gasteiger partial charge in [0.25, 0.3) is 10.9 Å². The van der Waals surface area contributed by atoms with Gasteiger partial charge in [-0.3, -0.25) is 10.1 Å². The van der Waals surface area contributed by atoms with Crippen molar-refractivity contribution in [3.05, 3.63) is 64.2 Å². The number of fused-ring (bicyclic) bond motifs is 1. The molecule has 0 bridgehead atoms. The predicted molar refractivity (Wildman–Crippen MR) is 95.9 cm³/mol. The first kappa shape index (κ1) is 17.5. The molecule has 0 radical (unpaired) electrons. The SMILES string of the molecule is O=C(OCC#CCSc1nc2ccccc2o1)c1cccc([N+](=O)[O-])c1. The van der Waals surface area contributed by atoms with E-state index in [4.69, 9.17) is 9.15 Å². The van der Waals surface area contributed by atoms with Crippen molar-refractivity contribution < 1.29 is 18.9 Å². The maximum atomic E-state index is 11.8. The van der Waals surface area contributed by atoms with Crippen molar-refractivity contribution in [3.63, 3.8) is 0 Å². The van der Waals surface area contributed by atoms with Gasteiger partial charge in [0.15, 0.2) is 12.2 Å². The quantitative estimate of drug-likeness (QED) is 0.223. The lowest BCUT2D eigenvalue weighted by Crippen LogP contribution is -2.05. The molecule has 8 heteroatoms. The van der Waals surface area contributed by atoms with Crippen LogP contribution in [0, 0.1) is 22.0 Å². The molecule has 0 aliphatic carbocycles. The Morgan fingerprint density at radius 2 is 2.08 bits per heavy atom.